The lowest BCUT2D eigenvalue weighted by Gasteiger charge is -2.12. The van der Waals surface area contributed by atoms with Gasteiger partial charge in [0.15, 0.2) is 0 Å². The minimum Gasteiger partial charge on any atom is -0.496 e. The van der Waals surface area contributed by atoms with E-state index in [1.807, 2.05) is 0 Å². The van der Waals surface area contributed by atoms with E-state index in [-0.39, 0.29) is 6.61 Å². The van der Waals surface area contributed by atoms with Gasteiger partial charge in [-0.1, -0.05) is 6.08 Å². The van der Waals surface area contributed by atoms with Crippen LogP contribution in [0.1, 0.15) is 5.56 Å². The fourth-order valence-corrected chi connectivity index (χ4v) is 1.37. The molecule has 0 spiro atoms. The summed E-state index contributed by atoms with van der Waals surface area (Å²) in [6.45, 7) is -0.0294. The molecule has 0 aromatic heterocycles. The fraction of sp³-hybridized carbons (Fsp3) is 0.333. The first-order chi connectivity index (χ1) is 7.76. The second-order valence-electron chi connectivity index (χ2n) is 3.03. The third-order valence-electron chi connectivity index (χ3n) is 2.14. The zero-order chi connectivity index (χ0) is 12.0. The molecule has 0 amide bonds. The lowest BCUT2D eigenvalue weighted by atomic mass is 10.1. The number of ether oxygens (including phenoxy) is 3. The van der Waals surface area contributed by atoms with Crippen molar-refractivity contribution >= 4 is 6.08 Å². The van der Waals surface area contributed by atoms with E-state index in [0.29, 0.717) is 17.2 Å². The molecule has 4 nitrogen and oxygen atoms in total. The average Bonchev–Trinajstić information content (AvgIpc) is 2.35. The van der Waals surface area contributed by atoms with Crippen LogP contribution in [-0.2, 0) is 0 Å². The molecule has 88 valence electrons. The van der Waals surface area contributed by atoms with Crippen LogP contribution in [-0.4, -0.2) is 33.0 Å². The number of hydrogen-bond donors (Lipinski definition) is 1. The van der Waals surface area contributed by atoms with Crippen molar-refractivity contribution in [3.8, 4) is 17.2 Å². The Balaban J connectivity index is 3.25. The van der Waals surface area contributed by atoms with Crippen molar-refractivity contribution in [1.29, 1.82) is 0 Å². The lowest BCUT2D eigenvalue weighted by Crippen LogP contribution is -1.94. The van der Waals surface area contributed by atoms with Crippen LogP contribution in [0.15, 0.2) is 18.2 Å². The predicted octanol–water partition coefficient (Wildman–Crippen LogP) is 1.72. The molecular weight excluding hydrogens is 208 g/mol. The molecule has 1 aromatic carbocycles. The van der Waals surface area contributed by atoms with Gasteiger partial charge in [-0.25, -0.2) is 0 Å². The summed E-state index contributed by atoms with van der Waals surface area (Å²) in [4.78, 5) is 0. The summed E-state index contributed by atoms with van der Waals surface area (Å²) in [7, 11) is 4.73. The second-order valence-corrected chi connectivity index (χ2v) is 3.03. The quantitative estimate of drug-likeness (QED) is 0.827. The van der Waals surface area contributed by atoms with Gasteiger partial charge in [0.25, 0.3) is 0 Å². The van der Waals surface area contributed by atoms with E-state index >= 15 is 0 Å². The van der Waals surface area contributed by atoms with Crippen LogP contribution < -0.4 is 14.2 Å². The molecule has 0 radical (unpaired) electrons. The monoisotopic (exact) mass is 224 g/mol. The molecule has 1 N–H and O–H groups in total. The minimum absolute atomic E-state index is 0.0294. The van der Waals surface area contributed by atoms with Crippen molar-refractivity contribution < 1.29 is 19.3 Å². The predicted molar refractivity (Wildman–Crippen MR) is 62.2 cm³/mol. The van der Waals surface area contributed by atoms with Crippen LogP contribution >= 0.6 is 0 Å². The number of hydrogen-bond acceptors (Lipinski definition) is 4. The molecular formula is C12H16O4. The van der Waals surface area contributed by atoms with Gasteiger partial charge >= 0.3 is 0 Å². The molecule has 0 aliphatic rings. The fourth-order valence-electron chi connectivity index (χ4n) is 1.37. The molecule has 0 saturated heterocycles. The van der Waals surface area contributed by atoms with Crippen LogP contribution in [0, 0.1) is 0 Å². The summed E-state index contributed by atoms with van der Waals surface area (Å²) in [6.07, 6.45) is 3.37. The molecule has 0 aliphatic carbocycles. The second kappa shape index (κ2) is 6.02. The van der Waals surface area contributed by atoms with Gasteiger partial charge in [-0.05, 0) is 6.08 Å². The zero-order valence-corrected chi connectivity index (χ0v) is 9.69. The topological polar surface area (TPSA) is 47.9 Å². The first-order valence-electron chi connectivity index (χ1n) is 4.84. The van der Waals surface area contributed by atoms with Crippen molar-refractivity contribution in [2.75, 3.05) is 27.9 Å². The van der Waals surface area contributed by atoms with Crippen LogP contribution in [0.5, 0.6) is 17.2 Å². The van der Waals surface area contributed by atoms with Gasteiger partial charge < -0.3 is 19.3 Å². The minimum atomic E-state index is -0.0294. The normalized spacial score (nSPS) is 10.5. The first-order valence-corrected chi connectivity index (χ1v) is 4.84. The summed E-state index contributed by atoms with van der Waals surface area (Å²) in [5.41, 5.74) is 0.778. The smallest absolute Gasteiger partial charge is 0.133 e. The Labute approximate surface area is 95.1 Å². The van der Waals surface area contributed by atoms with Crippen LogP contribution in [0.3, 0.4) is 0 Å². The Morgan fingerprint density at radius 1 is 1.06 bits per heavy atom. The molecule has 0 heterocycles. The first kappa shape index (κ1) is 12.4. The maximum atomic E-state index is 8.76. The Hall–Kier alpha value is -1.68. The van der Waals surface area contributed by atoms with Crippen molar-refractivity contribution in [2.24, 2.45) is 0 Å². The lowest BCUT2D eigenvalue weighted by molar-refractivity contribution is 0.343. The van der Waals surface area contributed by atoms with Crippen LogP contribution in [0.25, 0.3) is 6.08 Å². The average molecular weight is 224 g/mol. The van der Waals surface area contributed by atoms with Gasteiger partial charge in [-0.3, -0.25) is 0 Å². The Morgan fingerprint density at radius 2 is 1.62 bits per heavy atom. The third kappa shape index (κ3) is 2.67. The molecule has 0 atom stereocenters. The standard InChI is InChI=1S/C12H16O4/c1-14-9-7-11(15-2)10(5-4-6-13)12(8-9)16-3/h4-5,7-8,13H,6H2,1-3H3/b5-4+. The molecule has 1 rings (SSSR count). The highest BCUT2D eigenvalue weighted by atomic mass is 16.5. The summed E-state index contributed by atoms with van der Waals surface area (Å²) in [5.74, 6) is 1.94. The Bertz CT molecular complexity index is 346. The van der Waals surface area contributed by atoms with Crippen LogP contribution in [0.4, 0.5) is 0 Å². The summed E-state index contributed by atoms with van der Waals surface area (Å²) < 4.78 is 15.6. The Morgan fingerprint density at radius 3 is 2.00 bits per heavy atom. The number of aliphatic hydroxyl groups excluding tert-OH is 1. The molecule has 0 fully saturated rings. The highest BCUT2D eigenvalue weighted by Gasteiger charge is 2.10. The molecule has 0 aliphatic heterocycles. The molecule has 16 heavy (non-hydrogen) atoms. The number of aliphatic hydroxyl groups is 1. The van der Waals surface area contributed by atoms with Crippen molar-refractivity contribution in [3.05, 3.63) is 23.8 Å². The van der Waals surface area contributed by atoms with E-state index in [2.05, 4.69) is 0 Å². The number of methoxy groups -OCH3 is 3. The summed E-state index contributed by atoms with van der Waals surface area (Å²) in [5, 5.41) is 8.76. The van der Waals surface area contributed by atoms with Gasteiger partial charge in [-0.2, -0.15) is 0 Å². The van der Waals surface area contributed by atoms with Crippen molar-refractivity contribution in [3.63, 3.8) is 0 Å². The molecule has 4 heteroatoms. The van der Waals surface area contributed by atoms with E-state index in [4.69, 9.17) is 19.3 Å². The molecule has 0 saturated carbocycles. The number of rotatable bonds is 5. The third-order valence-corrected chi connectivity index (χ3v) is 2.14. The highest BCUT2D eigenvalue weighted by molar-refractivity contribution is 5.66. The van der Waals surface area contributed by atoms with Crippen molar-refractivity contribution in [1.82, 2.24) is 0 Å². The van der Waals surface area contributed by atoms with Gasteiger partial charge in [0, 0.05) is 12.1 Å². The largest absolute Gasteiger partial charge is 0.496 e. The number of benzene rings is 1. The van der Waals surface area contributed by atoms with Crippen molar-refractivity contribution in [2.45, 2.75) is 0 Å². The van der Waals surface area contributed by atoms with Gasteiger partial charge in [0.2, 0.25) is 0 Å². The van der Waals surface area contributed by atoms with Gasteiger partial charge in [0.05, 0.1) is 33.5 Å². The summed E-state index contributed by atoms with van der Waals surface area (Å²) in [6, 6.07) is 3.53. The van der Waals surface area contributed by atoms with Crippen LogP contribution in [0.2, 0.25) is 0 Å². The van der Waals surface area contributed by atoms with Gasteiger partial charge in [0.1, 0.15) is 17.2 Å². The molecule has 0 bridgehead atoms. The molecule has 1 aromatic rings. The highest BCUT2D eigenvalue weighted by Crippen LogP contribution is 2.34. The Kier molecular flexibility index (Phi) is 4.66. The van der Waals surface area contributed by atoms with E-state index in [1.54, 1.807) is 45.6 Å². The maximum Gasteiger partial charge on any atom is 0.133 e. The van der Waals surface area contributed by atoms with E-state index in [1.165, 1.54) is 0 Å². The maximum absolute atomic E-state index is 8.76. The van der Waals surface area contributed by atoms with E-state index in [0.717, 1.165) is 5.56 Å². The van der Waals surface area contributed by atoms with Gasteiger partial charge in [-0.15, -0.1) is 0 Å². The van der Waals surface area contributed by atoms with E-state index in [9.17, 15) is 0 Å². The van der Waals surface area contributed by atoms with E-state index < -0.39 is 0 Å². The zero-order valence-electron chi connectivity index (χ0n) is 9.69. The summed E-state index contributed by atoms with van der Waals surface area (Å²) >= 11 is 0. The molecule has 0 unspecified atom stereocenters. The SMILES string of the molecule is COc1cc(OC)c(/C=C/CO)c(OC)c1.